The van der Waals surface area contributed by atoms with Gasteiger partial charge in [-0.05, 0) is 18.9 Å². The molecule has 1 aromatic rings. The number of ether oxygens (including phenoxy) is 1. The Bertz CT molecular complexity index is 548. The van der Waals surface area contributed by atoms with Crippen molar-refractivity contribution in [2.75, 3.05) is 32.8 Å². The minimum Gasteiger partial charge on any atom is -0.493 e. The van der Waals surface area contributed by atoms with Gasteiger partial charge in [-0.2, -0.15) is 0 Å². The quantitative estimate of drug-likeness (QED) is 0.841. The van der Waals surface area contributed by atoms with Crippen LogP contribution in [0, 0.1) is 5.92 Å². The molecule has 2 heterocycles. The number of rotatable bonds is 2. The standard InChI is InChI=1S/C18H24N2O2/c21-18(14-4-3-5-14)20-11-9-19(10-12-20)16-8-13-22-17-7-2-1-6-15(16)17/h1-2,6-7,14,16H,3-5,8-13H2. The molecule has 1 unspecified atom stereocenters. The number of benzene rings is 1. The molecule has 22 heavy (non-hydrogen) atoms. The molecule has 4 heteroatoms. The number of hydrogen-bond donors (Lipinski definition) is 0. The molecule has 0 bridgehead atoms. The fourth-order valence-electron chi connectivity index (χ4n) is 3.87. The summed E-state index contributed by atoms with van der Waals surface area (Å²) in [6.45, 7) is 4.53. The second kappa shape index (κ2) is 5.92. The number of hydrogen-bond acceptors (Lipinski definition) is 3. The van der Waals surface area contributed by atoms with Crippen LogP contribution in [0.4, 0.5) is 0 Å². The van der Waals surface area contributed by atoms with E-state index in [0.29, 0.717) is 17.9 Å². The SMILES string of the molecule is O=C(C1CCC1)N1CCN(C2CCOc3ccccc32)CC1. The molecule has 118 valence electrons. The van der Waals surface area contributed by atoms with Crippen LogP contribution in [0.25, 0.3) is 0 Å². The fraction of sp³-hybridized carbons (Fsp3) is 0.611. The molecule has 1 saturated carbocycles. The van der Waals surface area contributed by atoms with Gasteiger partial charge in [0.25, 0.3) is 0 Å². The van der Waals surface area contributed by atoms with Crippen molar-refractivity contribution in [1.82, 2.24) is 9.80 Å². The maximum Gasteiger partial charge on any atom is 0.225 e. The first-order valence-electron chi connectivity index (χ1n) is 8.57. The molecule has 1 aromatic carbocycles. The monoisotopic (exact) mass is 300 g/mol. The van der Waals surface area contributed by atoms with Gasteiger partial charge in [-0.1, -0.05) is 24.6 Å². The van der Waals surface area contributed by atoms with E-state index in [2.05, 4.69) is 28.0 Å². The first-order valence-corrected chi connectivity index (χ1v) is 8.57. The van der Waals surface area contributed by atoms with Crippen molar-refractivity contribution in [2.45, 2.75) is 31.7 Å². The van der Waals surface area contributed by atoms with E-state index >= 15 is 0 Å². The molecule has 0 aromatic heterocycles. The first kappa shape index (κ1) is 14.1. The zero-order valence-corrected chi connectivity index (χ0v) is 13.0. The van der Waals surface area contributed by atoms with Crippen LogP contribution in [-0.4, -0.2) is 48.5 Å². The number of piperazine rings is 1. The molecule has 4 rings (SSSR count). The summed E-state index contributed by atoms with van der Waals surface area (Å²) in [4.78, 5) is 17.0. The van der Waals surface area contributed by atoms with Crippen LogP contribution in [0.5, 0.6) is 5.75 Å². The third-order valence-corrected chi connectivity index (χ3v) is 5.45. The maximum absolute atomic E-state index is 12.3. The lowest BCUT2D eigenvalue weighted by molar-refractivity contribution is -0.140. The molecule has 3 aliphatic rings. The molecule has 2 aliphatic heterocycles. The average molecular weight is 300 g/mol. The molecule has 1 atom stereocenters. The zero-order valence-electron chi connectivity index (χ0n) is 13.0. The van der Waals surface area contributed by atoms with Gasteiger partial charge in [0.1, 0.15) is 5.75 Å². The van der Waals surface area contributed by atoms with E-state index in [-0.39, 0.29) is 0 Å². The van der Waals surface area contributed by atoms with E-state index in [0.717, 1.165) is 57.8 Å². The van der Waals surface area contributed by atoms with E-state index in [1.165, 1.54) is 12.0 Å². The summed E-state index contributed by atoms with van der Waals surface area (Å²) in [7, 11) is 0. The molecule has 1 aliphatic carbocycles. The smallest absolute Gasteiger partial charge is 0.225 e. The highest BCUT2D eigenvalue weighted by atomic mass is 16.5. The number of carbonyl (C=O) groups is 1. The van der Waals surface area contributed by atoms with Gasteiger partial charge in [-0.25, -0.2) is 0 Å². The lowest BCUT2D eigenvalue weighted by Gasteiger charge is -2.42. The van der Waals surface area contributed by atoms with E-state index in [1.807, 2.05) is 6.07 Å². The number of nitrogens with zero attached hydrogens (tertiary/aromatic N) is 2. The van der Waals surface area contributed by atoms with Gasteiger partial charge >= 0.3 is 0 Å². The highest BCUT2D eigenvalue weighted by molar-refractivity contribution is 5.79. The lowest BCUT2D eigenvalue weighted by Crippen LogP contribution is -2.52. The molecule has 4 nitrogen and oxygen atoms in total. The van der Waals surface area contributed by atoms with E-state index in [1.54, 1.807) is 0 Å². The highest BCUT2D eigenvalue weighted by Crippen LogP contribution is 2.36. The van der Waals surface area contributed by atoms with E-state index in [4.69, 9.17) is 4.74 Å². The summed E-state index contributed by atoms with van der Waals surface area (Å²) >= 11 is 0. The minimum absolute atomic E-state index is 0.329. The minimum atomic E-state index is 0.329. The van der Waals surface area contributed by atoms with Gasteiger partial charge in [0.15, 0.2) is 0 Å². The van der Waals surface area contributed by atoms with E-state index in [9.17, 15) is 4.79 Å². The fourth-order valence-corrected chi connectivity index (χ4v) is 3.87. The van der Waals surface area contributed by atoms with Crippen LogP contribution >= 0.6 is 0 Å². The molecular formula is C18H24N2O2. The van der Waals surface area contributed by atoms with Crippen molar-refractivity contribution in [2.24, 2.45) is 5.92 Å². The van der Waals surface area contributed by atoms with Gasteiger partial charge < -0.3 is 9.64 Å². The summed E-state index contributed by atoms with van der Waals surface area (Å²) in [6.07, 6.45) is 4.49. The van der Waals surface area contributed by atoms with Gasteiger partial charge in [0.05, 0.1) is 6.61 Å². The van der Waals surface area contributed by atoms with Crippen molar-refractivity contribution in [1.29, 1.82) is 0 Å². The topological polar surface area (TPSA) is 32.8 Å². The molecule has 1 amide bonds. The third-order valence-electron chi connectivity index (χ3n) is 5.45. The van der Waals surface area contributed by atoms with Crippen LogP contribution in [0.15, 0.2) is 24.3 Å². The maximum atomic E-state index is 12.3. The van der Waals surface area contributed by atoms with Crippen molar-refractivity contribution in [3.8, 4) is 5.75 Å². The Kier molecular flexibility index (Phi) is 3.78. The zero-order chi connectivity index (χ0) is 14.9. The third kappa shape index (κ3) is 2.50. The molecule has 0 radical (unpaired) electrons. The van der Waals surface area contributed by atoms with Gasteiger partial charge in [0.2, 0.25) is 5.91 Å². The highest BCUT2D eigenvalue weighted by Gasteiger charge is 2.34. The van der Waals surface area contributed by atoms with Crippen molar-refractivity contribution in [3.63, 3.8) is 0 Å². The summed E-state index contributed by atoms with van der Waals surface area (Å²) < 4.78 is 5.77. The lowest BCUT2D eigenvalue weighted by atomic mass is 9.84. The Labute approximate surface area is 132 Å². The Morgan fingerprint density at radius 1 is 1.05 bits per heavy atom. The average Bonchev–Trinajstić information content (AvgIpc) is 2.53. The van der Waals surface area contributed by atoms with Crippen molar-refractivity contribution in [3.05, 3.63) is 29.8 Å². The summed E-state index contributed by atoms with van der Waals surface area (Å²) in [6, 6.07) is 8.84. The molecule has 0 spiro atoms. The van der Waals surface area contributed by atoms with Crippen LogP contribution in [0.2, 0.25) is 0 Å². The molecule has 1 saturated heterocycles. The van der Waals surface area contributed by atoms with Crippen molar-refractivity contribution < 1.29 is 9.53 Å². The van der Waals surface area contributed by atoms with Gasteiger partial charge in [-0.15, -0.1) is 0 Å². The number of para-hydroxylation sites is 1. The molecular weight excluding hydrogens is 276 g/mol. The largest absolute Gasteiger partial charge is 0.493 e. The van der Waals surface area contributed by atoms with Crippen molar-refractivity contribution >= 4 is 5.91 Å². The number of carbonyl (C=O) groups excluding carboxylic acids is 1. The van der Waals surface area contributed by atoms with Gasteiger partial charge in [-0.3, -0.25) is 9.69 Å². The first-order chi connectivity index (χ1) is 10.8. The van der Waals surface area contributed by atoms with Gasteiger partial charge in [0, 0.05) is 50.1 Å². The Morgan fingerprint density at radius 3 is 2.55 bits per heavy atom. The van der Waals surface area contributed by atoms with Crippen LogP contribution in [0.3, 0.4) is 0 Å². The summed E-state index contributed by atoms with van der Waals surface area (Å²) in [5, 5.41) is 0. The molecule has 2 fully saturated rings. The summed E-state index contributed by atoms with van der Waals surface area (Å²) in [5.41, 5.74) is 1.31. The van der Waals surface area contributed by atoms with Crippen LogP contribution < -0.4 is 4.74 Å². The molecule has 0 N–H and O–H groups in total. The van der Waals surface area contributed by atoms with Crippen LogP contribution in [0.1, 0.15) is 37.3 Å². The number of amides is 1. The second-order valence-corrected chi connectivity index (χ2v) is 6.68. The summed E-state index contributed by atoms with van der Waals surface area (Å²) in [5.74, 6) is 1.76. The number of fused-ring (bicyclic) bond motifs is 1. The predicted octanol–water partition coefficient (Wildman–Crippen LogP) is 2.45. The Morgan fingerprint density at radius 2 is 1.82 bits per heavy atom. The Balaban J connectivity index is 1.41. The van der Waals surface area contributed by atoms with Crippen LogP contribution in [-0.2, 0) is 4.79 Å². The predicted molar refractivity (Wildman–Crippen MR) is 84.8 cm³/mol. The normalized spacial score (nSPS) is 26.0. The second-order valence-electron chi connectivity index (χ2n) is 6.68. The Hall–Kier alpha value is -1.55. The van der Waals surface area contributed by atoms with E-state index < -0.39 is 0 Å².